The van der Waals surface area contributed by atoms with Crippen molar-refractivity contribution in [2.45, 2.75) is 11.8 Å². The van der Waals surface area contributed by atoms with Gasteiger partial charge in [-0.05, 0) is 24.6 Å². The number of aryl methyl sites for hydroxylation is 1. The van der Waals surface area contributed by atoms with Crippen molar-refractivity contribution < 1.29 is 30.1 Å². The van der Waals surface area contributed by atoms with Gasteiger partial charge in [-0.25, -0.2) is 0 Å². The molecular weight excluding hydrogens is 260 g/mol. The van der Waals surface area contributed by atoms with Crippen LogP contribution >= 0.6 is 0 Å². The van der Waals surface area contributed by atoms with Gasteiger partial charge in [0, 0.05) is 0 Å². The van der Waals surface area contributed by atoms with Gasteiger partial charge in [0.1, 0.15) is 4.90 Å². The summed E-state index contributed by atoms with van der Waals surface area (Å²) in [5.41, 5.74) is 0.492. The maximum absolute atomic E-state index is 10.8. The Balaban J connectivity index is 3.42. The Bertz CT molecular complexity index is 600. The van der Waals surface area contributed by atoms with E-state index < -0.39 is 31.2 Å². The van der Waals surface area contributed by atoms with E-state index in [9.17, 15) is 16.8 Å². The van der Waals surface area contributed by atoms with E-state index in [0.717, 1.165) is 12.1 Å². The molecule has 0 amide bonds. The average molecular weight is 268 g/mol. The van der Waals surface area contributed by atoms with Crippen LogP contribution in [0.1, 0.15) is 5.56 Å². The van der Waals surface area contributed by atoms with Crippen molar-refractivity contribution in [2.24, 2.45) is 0 Å². The number of rotatable bonds is 3. The average Bonchev–Trinajstić information content (AvgIpc) is 1.97. The van der Waals surface area contributed by atoms with Gasteiger partial charge < -0.3 is 4.18 Å². The molecule has 1 rings (SSSR count). The van der Waals surface area contributed by atoms with Gasteiger partial charge in [-0.2, -0.15) is 16.8 Å². The fourth-order valence-corrected chi connectivity index (χ4v) is 2.02. The molecule has 0 saturated carbocycles. The molecule has 1 aromatic carbocycles. The molecule has 7 nitrogen and oxygen atoms in total. The Morgan fingerprint density at radius 3 is 2.12 bits per heavy atom. The molecule has 0 spiro atoms. The molecular formula is C7H8O7S2. The highest BCUT2D eigenvalue weighted by Crippen LogP contribution is 2.25. The predicted molar refractivity (Wildman–Crippen MR) is 53.2 cm³/mol. The topological polar surface area (TPSA) is 118 Å². The Hall–Kier alpha value is -1.16. The molecule has 2 N–H and O–H groups in total. The van der Waals surface area contributed by atoms with Crippen LogP contribution in [0.3, 0.4) is 0 Å². The van der Waals surface area contributed by atoms with Crippen molar-refractivity contribution in [3.8, 4) is 5.75 Å². The summed E-state index contributed by atoms with van der Waals surface area (Å²) in [5.74, 6) is -0.662. The summed E-state index contributed by atoms with van der Waals surface area (Å²) in [6.07, 6.45) is 0. The quantitative estimate of drug-likeness (QED) is 0.763. The van der Waals surface area contributed by atoms with Crippen LogP contribution in [-0.2, 0) is 20.5 Å². The molecule has 0 atom stereocenters. The fraction of sp³-hybridized carbons (Fsp3) is 0.143. The number of hydrogen-bond acceptors (Lipinski definition) is 5. The summed E-state index contributed by atoms with van der Waals surface area (Å²) in [5, 5.41) is 0. The van der Waals surface area contributed by atoms with Crippen LogP contribution in [0.4, 0.5) is 0 Å². The lowest BCUT2D eigenvalue weighted by Gasteiger charge is -2.06. The first-order valence-electron chi connectivity index (χ1n) is 3.84. The zero-order chi connectivity index (χ0) is 12.6. The third kappa shape index (κ3) is 3.45. The Morgan fingerprint density at radius 1 is 1.12 bits per heavy atom. The third-order valence-electron chi connectivity index (χ3n) is 1.57. The second kappa shape index (κ2) is 4.01. The molecule has 16 heavy (non-hydrogen) atoms. The molecule has 0 fully saturated rings. The molecule has 0 saturated heterocycles. The molecule has 0 aliphatic heterocycles. The maximum atomic E-state index is 10.8. The lowest BCUT2D eigenvalue weighted by molar-refractivity contribution is 0.382. The van der Waals surface area contributed by atoms with Crippen LogP contribution < -0.4 is 4.18 Å². The van der Waals surface area contributed by atoms with Gasteiger partial charge >= 0.3 is 10.4 Å². The highest BCUT2D eigenvalue weighted by Gasteiger charge is 2.20. The zero-order valence-corrected chi connectivity index (χ0v) is 9.62. The molecule has 0 aliphatic carbocycles. The largest absolute Gasteiger partial charge is 0.446 e. The maximum Gasteiger partial charge on any atom is 0.446 e. The third-order valence-corrected chi connectivity index (χ3v) is 2.86. The van der Waals surface area contributed by atoms with E-state index in [2.05, 4.69) is 4.18 Å². The molecule has 0 aliphatic rings. The van der Waals surface area contributed by atoms with E-state index in [4.69, 9.17) is 9.11 Å². The summed E-state index contributed by atoms with van der Waals surface area (Å²) < 4.78 is 63.8. The monoisotopic (exact) mass is 268 g/mol. The summed E-state index contributed by atoms with van der Waals surface area (Å²) in [6, 6.07) is 3.35. The Morgan fingerprint density at radius 2 is 1.69 bits per heavy atom. The zero-order valence-electron chi connectivity index (χ0n) is 7.98. The minimum atomic E-state index is -4.85. The minimum absolute atomic E-state index is 0.492. The lowest BCUT2D eigenvalue weighted by Crippen LogP contribution is -2.10. The van der Waals surface area contributed by atoms with Gasteiger partial charge in [0.05, 0.1) is 0 Å². The molecule has 0 radical (unpaired) electrons. The van der Waals surface area contributed by atoms with Gasteiger partial charge in [-0.15, -0.1) is 0 Å². The van der Waals surface area contributed by atoms with Crippen molar-refractivity contribution in [2.75, 3.05) is 0 Å². The molecule has 0 heterocycles. The molecule has 1 aromatic rings. The smallest absolute Gasteiger partial charge is 0.360 e. The first-order valence-corrected chi connectivity index (χ1v) is 6.65. The standard InChI is InChI=1S/C7H8O7S2/c1-5-2-3-7(15(8,9)10)6(4-5)14-16(11,12)13/h2-4H,1H3,(H,8,9,10)(H,11,12,13). The van der Waals surface area contributed by atoms with Crippen LogP contribution in [0.15, 0.2) is 23.1 Å². The first-order chi connectivity index (χ1) is 7.09. The Kier molecular flexibility index (Phi) is 3.24. The number of benzene rings is 1. The van der Waals surface area contributed by atoms with Gasteiger partial charge in [-0.3, -0.25) is 9.11 Å². The van der Waals surface area contributed by atoms with Crippen LogP contribution in [-0.4, -0.2) is 25.9 Å². The normalized spacial score (nSPS) is 12.4. The second-order valence-corrected chi connectivity index (χ2v) is 5.35. The molecule has 0 aromatic heterocycles. The van der Waals surface area contributed by atoms with Crippen LogP contribution in [0.5, 0.6) is 5.75 Å². The van der Waals surface area contributed by atoms with Crippen LogP contribution in [0.2, 0.25) is 0 Å². The molecule has 0 bridgehead atoms. The van der Waals surface area contributed by atoms with Gasteiger partial charge in [0.15, 0.2) is 5.75 Å². The minimum Gasteiger partial charge on any atom is -0.360 e. The van der Waals surface area contributed by atoms with Gasteiger partial charge in [0.25, 0.3) is 10.1 Å². The van der Waals surface area contributed by atoms with Crippen molar-refractivity contribution in [3.05, 3.63) is 23.8 Å². The van der Waals surface area contributed by atoms with Gasteiger partial charge in [-0.1, -0.05) is 6.07 Å². The van der Waals surface area contributed by atoms with E-state index in [1.807, 2.05) is 0 Å². The van der Waals surface area contributed by atoms with Crippen LogP contribution in [0, 0.1) is 6.92 Å². The van der Waals surface area contributed by atoms with E-state index in [1.54, 1.807) is 6.92 Å². The summed E-state index contributed by atoms with van der Waals surface area (Å²) in [6.45, 7) is 1.55. The lowest BCUT2D eigenvalue weighted by atomic mass is 10.2. The summed E-state index contributed by atoms with van der Waals surface area (Å²) >= 11 is 0. The van der Waals surface area contributed by atoms with Crippen molar-refractivity contribution in [1.29, 1.82) is 0 Å². The van der Waals surface area contributed by atoms with E-state index in [-0.39, 0.29) is 0 Å². The fourth-order valence-electron chi connectivity index (χ4n) is 1.01. The summed E-state index contributed by atoms with van der Waals surface area (Å²) in [4.78, 5) is -0.740. The van der Waals surface area contributed by atoms with Crippen LogP contribution in [0.25, 0.3) is 0 Å². The van der Waals surface area contributed by atoms with Crippen molar-refractivity contribution >= 4 is 20.5 Å². The van der Waals surface area contributed by atoms with Crippen molar-refractivity contribution in [1.82, 2.24) is 0 Å². The number of hydrogen-bond donors (Lipinski definition) is 2. The highest BCUT2D eigenvalue weighted by molar-refractivity contribution is 7.86. The van der Waals surface area contributed by atoms with Gasteiger partial charge in [0.2, 0.25) is 0 Å². The molecule has 90 valence electrons. The first kappa shape index (κ1) is 12.9. The summed E-state index contributed by atoms with van der Waals surface area (Å²) in [7, 11) is -9.48. The molecule has 9 heteroatoms. The predicted octanol–water partition coefficient (Wildman–Crippen LogP) is 0.423. The molecule has 0 unspecified atom stereocenters. The van der Waals surface area contributed by atoms with E-state index >= 15 is 0 Å². The highest BCUT2D eigenvalue weighted by atomic mass is 32.3. The van der Waals surface area contributed by atoms with E-state index in [0.29, 0.717) is 5.56 Å². The second-order valence-electron chi connectivity index (χ2n) is 2.94. The van der Waals surface area contributed by atoms with E-state index in [1.165, 1.54) is 6.07 Å². The SMILES string of the molecule is Cc1ccc(S(=O)(=O)O)c(OS(=O)(=O)O)c1. The van der Waals surface area contributed by atoms with Crippen molar-refractivity contribution in [3.63, 3.8) is 0 Å². The Labute approximate surface area is 92.4 Å².